The number of carbonyl (C=O) groups is 2. The fourth-order valence-electron chi connectivity index (χ4n) is 2.92. The van der Waals surface area contributed by atoms with Crippen LogP contribution in [0.15, 0.2) is 30.3 Å². The van der Waals surface area contributed by atoms with Crippen molar-refractivity contribution >= 4 is 23.6 Å². The molecule has 4 nitrogen and oxygen atoms in total. The van der Waals surface area contributed by atoms with Crippen LogP contribution in [-0.2, 0) is 9.59 Å². The van der Waals surface area contributed by atoms with E-state index < -0.39 is 6.04 Å². The highest BCUT2D eigenvalue weighted by atomic mass is 32.2. The number of hydrogen-bond donors (Lipinski definition) is 1. The van der Waals surface area contributed by atoms with Gasteiger partial charge in [0.1, 0.15) is 6.04 Å². The van der Waals surface area contributed by atoms with Gasteiger partial charge in [0.25, 0.3) is 0 Å². The van der Waals surface area contributed by atoms with Crippen LogP contribution in [0.4, 0.5) is 0 Å². The molecule has 2 fully saturated rings. The van der Waals surface area contributed by atoms with E-state index in [-0.39, 0.29) is 11.8 Å². The van der Waals surface area contributed by atoms with Crippen LogP contribution >= 0.6 is 11.8 Å². The number of hydrogen-bond acceptors (Lipinski definition) is 3. The quantitative estimate of drug-likeness (QED) is 0.927. The van der Waals surface area contributed by atoms with Gasteiger partial charge in [0.05, 0.1) is 0 Å². The number of nitrogens with one attached hydrogen (secondary N) is 1. The van der Waals surface area contributed by atoms with E-state index in [1.165, 1.54) is 12.2 Å². The van der Waals surface area contributed by atoms with Crippen molar-refractivity contribution in [2.45, 2.75) is 18.9 Å². The van der Waals surface area contributed by atoms with E-state index in [4.69, 9.17) is 0 Å². The van der Waals surface area contributed by atoms with E-state index >= 15 is 0 Å². The molecular formula is C16H20N2O2S. The first kappa shape index (κ1) is 14.4. The van der Waals surface area contributed by atoms with Crippen molar-refractivity contribution in [3.05, 3.63) is 35.9 Å². The van der Waals surface area contributed by atoms with Crippen molar-refractivity contribution in [2.75, 3.05) is 24.6 Å². The summed E-state index contributed by atoms with van der Waals surface area (Å²) in [7, 11) is 0. The molecule has 21 heavy (non-hydrogen) atoms. The Morgan fingerprint density at radius 1 is 1.24 bits per heavy atom. The zero-order valence-electron chi connectivity index (χ0n) is 12.0. The summed E-state index contributed by atoms with van der Waals surface area (Å²) < 4.78 is 0. The molecule has 1 aromatic rings. The van der Waals surface area contributed by atoms with E-state index in [0.717, 1.165) is 17.9 Å². The largest absolute Gasteiger partial charge is 0.340 e. The molecule has 2 aliphatic rings. The van der Waals surface area contributed by atoms with Gasteiger partial charge in [0, 0.05) is 19.5 Å². The number of carbonyl (C=O) groups excluding carboxylic acids is 2. The fourth-order valence-corrected chi connectivity index (χ4v) is 4.19. The molecule has 0 saturated carbocycles. The van der Waals surface area contributed by atoms with Crippen LogP contribution in [-0.4, -0.2) is 41.3 Å². The average molecular weight is 304 g/mol. The second kappa shape index (κ2) is 6.52. The lowest BCUT2D eigenvalue weighted by atomic mass is 10.0. The number of rotatable bonds is 3. The van der Waals surface area contributed by atoms with Crippen molar-refractivity contribution in [3.63, 3.8) is 0 Å². The molecule has 2 heterocycles. The molecular weight excluding hydrogens is 284 g/mol. The summed E-state index contributed by atoms with van der Waals surface area (Å²) in [6.45, 7) is 1.32. The van der Waals surface area contributed by atoms with Gasteiger partial charge in [-0.25, -0.2) is 0 Å². The first-order valence-electron chi connectivity index (χ1n) is 7.45. The Morgan fingerprint density at radius 2 is 2.05 bits per heavy atom. The molecule has 3 rings (SSSR count). The monoisotopic (exact) mass is 304 g/mol. The SMILES string of the molecule is O=C1CCN(CC2CCSC2)C(=O)C(c2ccccc2)N1. The maximum atomic E-state index is 12.8. The van der Waals surface area contributed by atoms with Crippen LogP contribution in [0.3, 0.4) is 0 Å². The molecule has 1 aromatic carbocycles. The Morgan fingerprint density at radius 3 is 2.76 bits per heavy atom. The fraction of sp³-hybridized carbons (Fsp3) is 0.500. The number of thioether (sulfide) groups is 1. The lowest BCUT2D eigenvalue weighted by molar-refractivity contribution is -0.134. The van der Waals surface area contributed by atoms with E-state index in [9.17, 15) is 9.59 Å². The second-order valence-corrected chi connectivity index (χ2v) is 6.82. The minimum absolute atomic E-state index is 0.0314. The van der Waals surface area contributed by atoms with Crippen LogP contribution in [0, 0.1) is 5.92 Å². The van der Waals surface area contributed by atoms with Crippen LogP contribution in [0.2, 0.25) is 0 Å². The highest BCUT2D eigenvalue weighted by molar-refractivity contribution is 7.99. The minimum atomic E-state index is -0.532. The lowest BCUT2D eigenvalue weighted by Gasteiger charge is -2.26. The molecule has 0 aliphatic carbocycles. The van der Waals surface area contributed by atoms with Gasteiger partial charge < -0.3 is 10.2 Å². The molecule has 1 N–H and O–H groups in total. The van der Waals surface area contributed by atoms with Crippen molar-refractivity contribution in [2.24, 2.45) is 5.92 Å². The second-order valence-electron chi connectivity index (χ2n) is 5.68. The molecule has 0 bridgehead atoms. The Kier molecular flexibility index (Phi) is 4.48. The summed E-state index contributed by atoms with van der Waals surface area (Å²) in [5, 5.41) is 2.86. The van der Waals surface area contributed by atoms with Gasteiger partial charge in [0.2, 0.25) is 11.8 Å². The minimum Gasteiger partial charge on any atom is -0.340 e. The predicted molar refractivity (Wildman–Crippen MR) is 84.0 cm³/mol. The van der Waals surface area contributed by atoms with Crippen molar-refractivity contribution in [1.29, 1.82) is 0 Å². The zero-order chi connectivity index (χ0) is 14.7. The highest BCUT2D eigenvalue weighted by Gasteiger charge is 2.32. The van der Waals surface area contributed by atoms with Gasteiger partial charge in [0.15, 0.2) is 0 Å². The van der Waals surface area contributed by atoms with Crippen LogP contribution in [0.1, 0.15) is 24.4 Å². The number of benzene rings is 1. The molecule has 0 aromatic heterocycles. The van der Waals surface area contributed by atoms with E-state index in [0.29, 0.717) is 18.9 Å². The van der Waals surface area contributed by atoms with Crippen LogP contribution in [0.25, 0.3) is 0 Å². The molecule has 2 unspecified atom stereocenters. The third-order valence-corrected chi connectivity index (χ3v) is 5.34. The van der Waals surface area contributed by atoms with E-state index in [1.54, 1.807) is 0 Å². The Labute approximate surface area is 129 Å². The summed E-state index contributed by atoms with van der Waals surface area (Å²) in [4.78, 5) is 26.6. The van der Waals surface area contributed by atoms with Crippen molar-refractivity contribution < 1.29 is 9.59 Å². The summed E-state index contributed by atoms with van der Waals surface area (Å²) in [6, 6.07) is 8.99. The third kappa shape index (κ3) is 3.40. The van der Waals surface area contributed by atoms with Crippen molar-refractivity contribution in [1.82, 2.24) is 10.2 Å². The average Bonchev–Trinajstić information content (AvgIpc) is 2.97. The normalized spacial score (nSPS) is 26.6. The Balaban J connectivity index is 1.78. The van der Waals surface area contributed by atoms with Gasteiger partial charge in [-0.3, -0.25) is 9.59 Å². The summed E-state index contributed by atoms with van der Waals surface area (Å²) in [5.74, 6) is 2.88. The van der Waals surface area contributed by atoms with Gasteiger partial charge >= 0.3 is 0 Å². The third-order valence-electron chi connectivity index (χ3n) is 4.11. The standard InChI is InChI=1S/C16H20N2O2S/c19-14-6-8-18(10-12-7-9-21-11-12)16(20)15(17-14)13-4-2-1-3-5-13/h1-5,12,15H,6-11H2,(H,17,19). The van der Waals surface area contributed by atoms with Crippen LogP contribution in [0.5, 0.6) is 0 Å². The number of nitrogens with zero attached hydrogens (tertiary/aromatic N) is 1. The van der Waals surface area contributed by atoms with Gasteiger partial charge in [-0.05, 0) is 29.4 Å². The molecule has 2 amide bonds. The Bertz CT molecular complexity index is 514. The summed E-state index contributed by atoms with van der Waals surface area (Å²) >= 11 is 1.95. The first-order valence-corrected chi connectivity index (χ1v) is 8.60. The summed E-state index contributed by atoms with van der Waals surface area (Å²) in [6.07, 6.45) is 1.57. The van der Waals surface area contributed by atoms with E-state index in [1.807, 2.05) is 47.0 Å². The van der Waals surface area contributed by atoms with Crippen LogP contribution < -0.4 is 5.32 Å². The maximum Gasteiger partial charge on any atom is 0.249 e. The zero-order valence-corrected chi connectivity index (χ0v) is 12.8. The molecule has 2 atom stereocenters. The molecule has 2 saturated heterocycles. The van der Waals surface area contributed by atoms with E-state index in [2.05, 4.69) is 5.32 Å². The first-order chi connectivity index (χ1) is 10.2. The van der Waals surface area contributed by atoms with Gasteiger partial charge in [-0.1, -0.05) is 30.3 Å². The Hall–Kier alpha value is -1.49. The molecule has 5 heteroatoms. The molecule has 0 spiro atoms. The summed E-state index contributed by atoms with van der Waals surface area (Å²) in [5.41, 5.74) is 0.864. The lowest BCUT2D eigenvalue weighted by Crippen LogP contribution is -2.40. The topological polar surface area (TPSA) is 49.4 Å². The molecule has 2 aliphatic heterocycles. The maximum absolute atomic E-state index is 12.8. The van der Waals surface area contributed by atoms with Gasteiger partial charge in [-0.15, -0.1) is 0 Å². The molecule has 0 radical (unpaired) electrons. The smallest absolute Gasteiger partial charge is 0.249 e. The molecule has 112 valence electrons. The highest BCUT2D eigenvalue weighted by Crippen LogP contribution is 2.26. The predicted octanol–water partition coefficient (Wildman–Crippen LogP) is 1.83. The van der Waals surface area contributed by atoms with Crippen molar-refractivity contribution in [3.8, 4) is 0 Å². The number of amides is 2. The van der Waals surface area contributed by atoms with Gasteiger partial charge in [-0.2, -0.15) is 11.8 Å².